The molecule has 3 rings (SSSR count). The monoisotopic (exact) mass is 537 g/mol. The van der Waals surface area contributed by atoms with Crippen LogP contribution in [-0.4, -0.2) is 46.1 Å². The lowest BCUT2D eigenvalue weighted by molar-refractivity contribution is -0.133. The molecule has 1 amide bonds. The Bertz CT molecular complexity index is 970. The Morgan fingerprint density at radius 1 is 0.821 bits per heavy atom. The first-order chi connectivity index (χ1) is 19.1. The first-order valence-corrected chi connectivity index (χ1v) is 15.2. The van der Waals surface area contributed by atoms with Crippen LogP contribution in [-0.2, 0) is 16.0 Å². The van der Waals surface area contributed by atoms with Crippen LogP contribution in [0.2, 0.25) is 0 Å². The Morgan fingerprint density at radius 3 is 2.05 bits per heavy atom. The van der Waals surface area contributed by atoms with Gasteiger partial charge in [0, 0.05) is 50.3 Å². The number of nitrogens with zero attached hydrogens (tertiary/aromatic N) is 3. The predicted octanol–water partition coefficient (Wildman–Crippen LogP) is 7.91. The van der Waals surface area contributed by atoms with E-state index in [1.165, 1.54) is 57.8 Å². The topological polar surface area (TPSA) is 81.6 Å². The van der Waals surface area contributed by atoms with E-state index >= 15 is 0 Å². The van der Waals surface area contributed by atoms with Gasteiger partial charge in [-0.25, -0.2) is 14.8 Å². The maximum Gasteiger partial charge on any atom is 0.514 e. The van der Waals surface area contributed by atoms with Gasteiger partial charge >= 0.3 is 6.16 Å². The number of hydrogen-bond acceptors (Lipinski definition) is 6. The molecular weight excluding hydrogens is 490 g/mol. The molecule has 1 saturated heterocycles. The number of piperidine rings is 1. The summed E-state index contributed by atoms with van der Waals surface area (Å²) >= 11 is 0. The Hall–Kier alpha value is -2.96. The number of ether oxygens (including phenoxy) is 2. The summed E-state index contributed by atoms with van der Waals surface area (Å²) in [7, 11) is 0. The van der Waals surface area contributed by atoms with Crippen LogP contribution in [0.5, 0.6) is 5.75 Å². The van der Waals surface area contributed by atoms with E-state index < -0.39 is 6.16 Å². The van der Waals surface area contributed by atoms with Crippen molar-refractivity contribution in [2.45, 2.75) is 116 Å². The summed E-state index contributed by atoms with van der Waals surface area (Å²) in [6.07, 6.45) is 19.1. The van der Waals surface area contributed by atoms with Crippen LogP contribution in [0.3, 0.4) is 0 Å². The molecule has 1 aliphatic heterocycles. The number of amides is 1. The van der Waals surface area contributed by atoms with Crippen molar-refractivity contribution in [2.75, 3.05) is 13.1 Å². The van der Waals surface area contributed by atoms with Crippen molar-refractivity contribution < 1.29 is 19.1 Å². The minimum Gasteiger partial charge on any atom is -0.431 e. The number of hydrogen-bond donors (Lipinski definition) is 0. The van der Waals surface area contributed by atoms with Crippen molar-refractivity contribution in [1.29, 1.82) is 0 Å². The quantitative estimate of drug-likeness (QED) is 0.123. The van der Waals surface area contributed by atoms with Crippen LogP contribution in [0.4, 0.5) is 4.79 Å². The molecule has 0 unspecified atom stereocenters. The van der Waals surface area contributed by atoms with Gasteiger partial charge < -0.3 is 14.4 Å². The number of aryl methyl sites for hydroxylation is 1. The molecule has 2 heterocycles. The molecule has 1 aromatic heterocycles. The molecule has 0 saturated carbocycles. The molecule has 0 N–H and O–H groups in total. The molecular formula is C32H47N3O4. The van der Waals surface area contributed by atoms with Crippen molar-refractivity contribution in [3.8, 4) is 17.1 Å². The molecule has 0 aliphatic carbocycles. The molecule has 7 nitrogen and oxygen atoms in total. The number of likely N-dealkylation sites (tertiary alicyclic amines) is 1. The SMILES string of the molecule is CCCCCCCCc1cnc(-c2ccc(OC(=O)OC3CCN(C(=O)CCCCCCC)CC3)cc2)nc1. The third-order valence-corrected chi connectivity index (χ3v) is 7.39. The predicted molar refractivity (Wildman–Crippen MR) is 155 cm³/mol. The van der Waals surface area contributed by atoms with Gasteiger partial charge in [0.25, 0.3) is 0 Å². The molecule has 0 spiro atoms. The first-order valence-electron chi connectivity index (χ1n) is 15.2. The average molecular weight is 538 g/mol. The van der Waals surface area contributed by atoms with E-state index in [1.807, 2.05) is 29.4 Å². The minimum atomic E-state index is -0.709. The average Bonchev–Trinajstić information content (AvgIpc) is 2.96. The Balaban J connectivity index is 1.34. The lowest BCUT2D eigenvalue weighted by atomic mass is 10.1. The summed E-state index contributed by atoms with van der Waals surface area (Å²) in [5, 5.41) is 0. The first kappa shape index (κ1) is 30.6. The lowest BCUT2D eigenvalue weighted by Crippen LogP contribution is -2.41. The largest absolute Gasteiger partial charge is 0.514 e. The van der Waals surface area contributed by atoms with Gasteiger partial charge in [-0.15, -0.1) is 0 Å². The fourth-order valence-electron chi connectivity index (χ4n) is 4.93. The van der Waals surface area contributed by atoms with E-state index in [9.17, 15) is 9.59 Å². The third-order valence-electron chi connectivity index (χ3n) is 7.39. The summed E-state index contributed by atoms with van der Waals surface area (Å²) < 4.78 is 10.9. The second-order valence-corrected chi connectivity index (χ2v) is 10.7. The molecule has 39 heavy (non-hydrogen) atoms. The van der Waals surface area contributed by atoms with E-state index in [4.69, 9.17) is 9.47 Å². The van der Waals surface area contributed by atoms with Crippen LogP contribution < -0.4 is 4.74 Å². The van der Waals surface area contributed by atoms with Gasteiger partial charge in [0.1, 0.15) is 11.9 Å². The maximum absolute atomic E-state index is 12.4. The van der Waals surface area contributed by atoms with Crippen LogP contribution in [0.1, 0.15) is 109 Å². The molecule has 0 bridgehead atoms. The van der Waals surface area contributed by atoms with Crippen molar-refractivity contribution in [3.05, 3.63) is 42.2 Å². The van der Waals surface area contributed by atoms with Gasteiger partial charge in [-0.3, -0.25) is 4.79 Å². The third kappa shape index (κ3) is 11.4. The zero-order valence-corrected chi connectivity index (χ0v) is 24.0. The van der Waals surface area contributed by atoms with Gasteiger partial charge in [-0.05, 0) is 49.1 Å². The second kappa shape index (κ2) is 17.6. The smallest absolute Gasteiger partial charge is 0.431 e. The van der Waals surface area contributed by atoms with Crippen molar-refractivity contribution in [2.24, 2.45) is 0 Å². The van der Waals surface area contributed by atoms with Gasteiger partial charge in [0.2, 0.25) is 5.91 Å². The summed E-state index contributed by atoms with van der Waals surface area (Å²) in [4.78, 5) is 35.7. The van der Waals surface area contributed by atoms with Gasteiger partial charge in [-0.2, -0.15) is 0 Å². The van der Waals surface area contributed by atoms with E-state index in [1.54, 1.807) is 12.1 Å². The number of carbonyl (C=O) groups is 2. The number of carbonyl (C=O) groups excluding carboxylic acids is 2. The van der Waals surface area contributed by atoms with Gasteiger partial charge in [0.15, 0.2) is 5.82 Å². The number of aromatic nitrogens is 2. The molecule has 1 aliphatic rings. The highest BCUT2D eigenvalue weighted by atomic mass is 16.7. The van der Waals surface area contributed by atoms with Crippen LogP contribution >= 0.6 is 0 Å². The number of benzene rings is 1. The van der Waals surface area contributed by atoms with Crippen molar-refractivity contribution in [1.82, 2.24) is 14.9 Å². The summed E-state index contributed by atoms with van der Waals surface area (Å²) in [6, 6.07) is 7.15. The normalized spacial score (nSPS) is 13.8. The molecule has 7 heteroatoms. The Labute approximate surface area is 234 Å². The highest BCUT2D eigenvalue weighted by Gasteiger charge is 2.25. The Kier molecular flexibility index (Phi) is 13.8. The Morgan fingerprint density at radius 2 is 1.41 bits per heavy atom. The zero-order valence-electron chi connectivity index (χ0n) is 24.0. The second-order valence-electron chi connectivity index (χ2n) is 10.7. The minimum absolute atomic E-state index is 0.212. The fourth-order valence-corrected chi connectivity index (χ4v) is 4.93. The van der Waals surface area contributed by atoms with Crippen LogP contribution in [0.25, 0.3) is 11.4 Å². The van der Waals surface area contributed by atoms with Crippen molar-refractivity contribution >= 4 is 12.1 Å². The van der Waals surface area contributed by atoms with Crippen LogP contribution in [0.15, 0.2) is 36.7 Å². The van der Waals surface area contributed by atoms with Crippen molar-refractivity contribution in [3.63, 3.8) is 0 Å². The zero-order chi connectivity index (χ0) is 27.7. The molecule has 1 aromatic carbocycles. The summed E-state index contributed by atoms with van der Waals surface area (Å²) in [5.41, 5.74) is 2.03. The molecule has 1 fully saturated rings. The molecule has 214 valence electrons. The van der Waals surface area contributed by atoms with Crippen LogP contribution in [0, 0.1) is 0 Å². The fraction of sp³-hybridized carbons (Fsp3) is 0.625. The highest BCUT2D eigenvalue weighted by Crippen LogP contribution is 2.21. The maximum atomic E-state index is 12.4. The summed E-state index contributed by atoms with van der Waals surface area (Å²) in [6.45, 7) is 5.67. The standard InChI is InChI=1S/C32H47N3O4/c1-3-5-7-9-11-12-14-26-24-33-31(34-25-26)27-16-18-28(19-17-27)38-32(37)39-29-20-22-35(23-21-29)30(36)15-13-10-8-6-4-2/h16-19,24-25,29H,3-15,20-23H2,1-2H3. The van der Waals surface area contributed by atoms with E-state index in [0.29, 0.717) is 43.9 Å². The van der Waals surface area contributed by atoms with E-state index in [-0.39, 0.29) is 12.0 Å². The van der Waals surface area contributed by atoms with E-state index in [0.717, 1.165) is 30.4 Å². The summed E-state index contributed by atoms with van der Waals surface area (Å²) in [5.74, 6) is 1.28. The molecule has 0 atom stereocenters. The van der Waals surface area contributed by atoms with Gasteiger partial charge in [-0.1, -0.05) is 71.6 Å². The highest BCUT2D eigenvalue weighted by molar-refractivity contribution is 5.76. The molecule has 0 radical (unpaired) electrons. The van der Waals surface area contributed by atoms with Gasteiger partial charge in [0.05, 0.1) is 0 Å². The lowest BCUT2D eigenvalue weighted by Gasteiger charge is -2.31. The van der Waals surface area contributed by atoms with E-state index in [2.05, 4.69) is 23.8 Å². The number of unbranched alkanes of at least 4 members (excludes halogenated alkanes) is 9. The number of rotatable bonds is 16. The molecule has 2 aromatic rings.